The van der Waals surface area contributed by atoms with Crippen LogP contribution in [-0.4, -0.2) is 6.71 Å². The lowest BCUT2D eigenvalue weighted by atomic mass is 9.35. The summed E-state index contributed by atoms with van der Waals surface area (Å²) in [5.41, 5.74) is 28.7. The molecule has 82 heavy (non-hydrogen) atoms. The predicted molar refractivity (Wildman–Crippen MR) is 354 cm³/mol. The molecule has 0 saturated heterocycles. The van der Waals surface area contributed by atoms with Crippen molar-refractivity contribution >= 4 is 95.0 Å². The Hall–Kier alpha value is -6.82. The fraction of sp³-hybridized carbons (Fsp3) is 0.351. The number of thiophene rings is 1. The van der Waals surface area contributed by atoms with Gasteiger partial charge in [-0.2, -0.15) is 0 Å². The maximum Gasteiger partial charge on any atom is 0.264 e. The van der Waals surface area contributed by atoms with Gasteiger partial charge in [-0.15, -0.1) is 11.3 Å². The minimum Gasteiger partial charge on any atom is -0.311 e. The van der Waals surface area contributed by atoms with Crippen molar-refractivity contribution in [3.05, 3.63) is 202 Å². The third-order valence-corrected chi connectivity index (χ3v) is 22.8. The van der Waals surface area contributed by atoms with E-state index in [1.807, 2.05) is 0 Å². The zero-order chi connectivity index (χ0) is 57.0. The van der Waals surface area contributed by atoms with Gasteiger partial charge < -0.3 is 14.7 Å². The molecule has 6 aliphatic rings. The van der Waals surface area contributed by atoms with Crippen molar-refractivity contribution < 1.29 is 0 Å². The number of benzene rings is 8. The molecule has 15 rings (SSSR count). The fourth-order valence-corrected chi connectivity index (χ4v) is 17.9. The monoisotopic (exact) mass is 1090 g/mol. The first-order valence-corrected chi connectivity index (χ1v) is 31.6. The molecule has 9 aromatic rings. The lowest BCUT2D eigenvalue weighted by molar-refractivity contribution is 0.311. The molecule has 0 amide bonds. The molecule has 4 heterocycles. The summed E-state index contributed by atoms with van der Waals surface area (Å²) in [5, 5.41) is 1.37. The van der Waals surface area contributed by atoms with Crippen molar-refractivity contribution in [2.24, 2.45) is 0 Å². The summed E-state index contributed by atoms with van der Waals surface area (Å²) in [6.07, 6.45) is 6.95. The van der Waals surface area contributed by atoms with Gasteiger partial charge in [0.2, 0.25) is 0 Å². The van der Waals surface area contributed by atoms with Crippen molar-refractivity contribution in [1.29, 1.82) is 0 Å². The Balaban J connectivity index is 1.15. The van der Waals surface area contributed by atoms with Crippen molar-refractivity contribution in [1.82, 2.24) is 0 Å². The highest BCUT2D eigenvalue weighted by molar-refractivity contribution is 7.33. The first-order chi connectivity index (χ1) is 38.9. The molecule has 1 atom stereocenters. The van der Waals surface area contributed by atoms with Gasteiger partial charge in [-0.3, -0.25) is 0 Å². The van der Waals surface area contributed by atoms with E-state index in [2.05, 4.69) is 281 Å². The van der Waals surface area contributed by atoms with Gasteiger partial charge >= 0.3 is 0 Å². The lowest BCUT2D eigenvalue weighted by Crippen LogP contribution is -2.62. The van der Waals surface area contributed by atoms with E-state index in [1.54, 1.807) is 22.3 Å². The highest BCUT2D eigenvalue weighted by atomic mass is 32.1. The molecule has 412 valence electrons. The second-order valence-electron chi connectivity index (χ2n) is 30.1. The number of hydrogen-bond donors (Lipinski definition) is 0. The Bertz CT molecular complexity index is 4110. The standard InChI is InChI=1S/C77H80BN3S/c1-71(2,3)48-30-34-59(52(42-48)47-24-18-15-19-25-47)80-61-43-51(79(49-26-20-16-21-27-49)50-28-22-17-23-29-50)44-62-67(61)78(70-68(80)53-45-56-57(46-63(53)82-70)75(10,11)37-36-74(56,8)9)58-33-31-55-65-69(58)81(62)60-35-32-54-64(76(12,13)39-38-72(54,4)5)66(60)77(65,14)41-40-73(55,6)7/h15-35,42-46H,36-41H2,1-14H3. The van der Waals surface area contributed by atoms with E-state index in [9.17, 15) is 0 Å². The molecule has 0 fully saturated rings. The number of anilines is 9. The number of hydrogen-bond acceptors (Lipinski definition) is 4. The Labute approximate surface area is 493 Å². The third kappa shape index (κ3) is 7.26. The van der Waals surface area contributed by atoms with Crippen LogP contribution in [0.3, 0.4) is 0 Å². The highest BCUT2D eigenvalue weighted by Gasteiger charge is 2.57. The average molecular weight is 1090 g/mol. The first kappa shape index (κ1) is 52.0. The molecule has 8 aromatic carbocycles. The Kier molecular flexibility index (Phi) is 10.9. The summed E-state index contributed by atoms with van der Waals surface area (Å²) in [4.78, 5) is 8.15. The number of fused-ring (bicyclic) bond motifs is 12. The summed E-state index contributed by atoms with van der Waals surface area (Å²) in [6, 6.07) is 61.9. The maximum atomic E-state index is 2.85. The normalized spacial score (nSPS) is 20.5. The molecule has 3 aliphatic heterocycles. The van der Waals surface area contributed by atoms with E-state index in [4.69, 9.17) is 0 Å². The van der Waals surface area contributed by atoms with E-state index in [1.165, 1.54) is 113 Å². The molecule has 0 radical (unpaired) electrons. The molecular weight excluding hydrogens is 1010 g/mol. The van der Waals surface area contributed by atoms with Gasteiger partial charge in [-0.25, -0.2) is 0 Å². The van der Waals surface area contributed by atoms with Gasteiger partial charge in [-0.05, 0) is 199 Å². The summed E-state index contributed by atoms with van der Waals surface area (Å²) >= 11 is 2.08. The van der Waals surface area contributed by atoms with E-state index >= 15 is 0 Å². The smallest absolute Gasteiger partial charge is 0.264 e. The second kappa shape index (κ2) is 17.2. The van der Waals surface area contributed by atoms with Crippen LogP contribution in [0.2, 0.25) is 0 Å². The van der Waals surface area contributed by atoms with Gasteiger partial charge in [0.15, 0.2) is 0 Å². The topological polar surface area (TPSA) is 9.72 Å². The molecule has 1 unspecified atom stereocenters. The van der Waals surface area contributed by atoms with Gasteiger partial charge in [-0.1, -0.05) is 188 Å². The van der Waals surface area contributed by atoms with Gasteiger partial charge in [0.05, 0.1) is 22.7 Å². The van der Waals surface area contributed by atoms with Crippen LogP contribution in [0.15, 0.2) is 158 Å². The quantitative estimate of drug-likeness (QED) is 0.159. The summed E-state index contributed by atoms with van der Waals surface area (Å²) in [7, 11) is 0. The van der Waals surface area contributed by atoms with E-state index in [0.717, 1.165) is 36.3 Å². The van der Waals surface area contributed by atoms with Crippen LogP contribution in [0.25, 0.3) is 21.2 Å². The van der Waals surface area contributed by atoms with Crippen molar-refractivity contribution in [2.45, 2.75) is 173 Å². The lowest BCUT2D eigenvalue weighted by Gasteiger charge is -2.56. The van der Waals surface area contributed by atoms with E-state index < -0.39 is 0 Å². The minimum atomic E-state index is -0.199. The van der Waals surface area contributed by atoms with Crippen LogP contribution >= 0.6 is 11.3 Å². The molecule has 0 saturated carbocycles. The molecular formula is C77H80BN3S. The third-order valence-electron chi connectivity index (χ3n) is 21.5. The minimum absolute atomic E-state index is 0.000742. The summed E-state index contributed by atoms with van der Waals surface area (Å²) in [6.45, 7) is 34.9. The van der Waals surface area contributed by atoms with Gasteiger partial charge in [0.1, 0.15) is 0 Å². The zero-order valence-corrected chi connectivity index (χ0v) is 51.9. The first-order valence-electron chi connectivity index (χ1n) is 30.8. The number of para-hydroxylation sites is 2. The second-order valence-corrected chi connectivity index (χ2v) is 31.2. The van der Waals surface area contributed by atoms with E-state index in [-0.39, 0.29) is 44.6 Å². The summed E-state index contributed by atoms with van der Waals surface area (Å²) < 4.78 is 2.83. The number of rotatable bonds is 5. The number of nitrogens with zero attached hydrogens (tertiary/aromatic N) is 3. The molecule has 0 spiro atoms. The predicted octanol–water partition coefficient (Wildman–Crippen LogP) is 19.8. The van der Waals surface area contributed by atoms with Crippen molar-refractivity contribution in [2.75, 3.05) is 14.7 Å². The van der Waals surface area contributed by atoms with Crippen LogP contribution in [0.4, 0.5) is 51.2 Å². The molecule has 0 N–H and O–H groups in total. The van der Waals surface area contributed by atoms with Crippen LogP contribution in [0.5, 0.6) is 0 Å². The molecule has 3 aliphatic carbocycles. The van der Waals surface area contributed by atoms with E-state index in [0.29, 0.717) is 0 Å². The van der Waals surface area contributed by atoms with Gasteiger partial charge in [0.25, 0.3) is 6.71 Å². The molecule has 1 aromatic heterocycles. The zero-order valence-electron chi connectivity index (χ0n) is 51.1. The van der Waals surface area contributed by atoms with Crippen molar-refractivity contribution in [3.63, 3.8) is 0 Å². The Morgan fingerprint density at radius 1 is 0.439 bits per heavy atom. The summed E-state index contributed by atoms with van der Waals surface area (Å²) in [5.74, 6) is 0. The average Bonchev–Trinajstić information content (AvgIpc) is 1.83. The van der Waals surface area contributed by atoms with Crippen LogP contribution in [0.1, 0.15) is 180 Å². The van der Waals surface area contributed by atoms with Crippen LogP contribution in [-0.2, 0) is 37.9 Å². The SMILES string of the molecule is CC(C)(C)c1ccc(N2c3cc(N(c4ccccc4)c4ccccc4)cc4c3B(c3ccc5c6c3N4c3ccc4c(c3C6(C)CCC5(C)C)C(C)(C)CCC4(C)C)c3sc4cc5c(cc4c32)C(C)(C)CCC5(C)C)c(-c2ccccc2)c1. The fourth-order valence-electron chi connectivity index (χ4n) is 16.6. The van der Waals surface area contributed by atoms with Crippen LogP contribution < -0.4 is 30.4 Å². The highest BCUT2D eigenvalue weighted by Crippen LogP contribution is 2.65. The maximum absolute atomic E-state index is 2.85. The van der Waals surface area contributed by atoms with Gasteiger partial charge in [0, 0.05) is 54.3 Å². The Morgan fingerprint density at radius 3 is 1.56 bits per heavy atom. The molecule has 0 bridgehead atoms. The molecule has 3 nitrogen and oxygen atoms in total. The largest absolute Gasteiger partial charge is 0.311 e. The van der Waals surface area contributed by atoms with Crippen molar-refractivity contribution in [3.8, 4) is 11.1 Å². The van der Waals surface area contributed by atoms with Crippen LogP contribution in [0, 0.1) is 0 Å². The Morgan fingerprint density at radius 2 is 0.951 bits per heavy atom. The molecule has 5 heteroatoms.